The van der Waals surface area contributed by atoms with Crippen LogP contribution in [0.5, 0.6) is 0 Å². The molecule has 96 valence electrons. The molecule has 0 aromatic heterocycles. The topological polar surface area (TPSA) is 12.0 Å². The van der Waals surface area contributed by atoms with Gasteiger partial charge in [0, 0.05) is 10.5 Å². The number of nitrogens with one attached hydrogen (secondary N) is 1. The van der Waals surface area contributed by atoms with Crippen molar-refractivity contribution in [2.75, 3.05) is 5.32 Å². The number of unbranched alkanes of at least 4 members (excludes halogenated alkanes) is 2. The van der Waals surface area contributed by atoms with E-state index < -0.39 is 11.6 Å². The Morgan fingerprint density at radius 1 is 1.24 bits per heavy atom. The van der Waals surface area contributed by atoms with Gasteiger partial charge in [-0.15, -0.1) is 0 Å². The highest BCUT2D eigenvalue weighted by molar-refractivity contribution is 9.10. The normalized spacial score (nSPS) is 12.5. The predicted molar refractivity (Wildman–Crippen MR) is 71.3 cm³/mol. The third kappa shape index (κ3) is 4.62. The van der Waals surface area contributed by atoms with E-state index in [2.05, 4.69) is 28.2 Å². The fourth-order valence-electron chi connectivity index (χ4n) is 1.70. The Balaban J connectivity index is 2.61. The van der Waals surface area contributed by atoms with E-state index >= 15 is 0 Å². The second-order valence-electron chi connectivity index (χ2n) is 4.29. The summed E-state index contributed by atoms with van der Waals surface area (Å²) in [5.74, 6) is -1.11. The molecule has 1 N–H and O–H groups in total. The molecule has 0 saturated carbocycles. The molecule has 4 heteroatoms. The van der Waals surface area contributed by atoms with Gasteiger partial charge in [0.25, 0.3) is 0 Å². The molecule has 1 rings (SSSR count). The molecule has 17 heavy (non-hydrogen) atoms. The van der Waals surface area contributed by atoms with Crippen LogP contribution in [0.2, 0.25) is 0 Å². The Hall–Kier alpha value is -0.640. The van der Waals surface area contributed by atoms with Crippen molar-refractivity contribution in [2.24, 2.45) is 0 Å². The summed E-state index contributed by atoms with van der Waals surface area (Å²) >= 11 is 3.06. The lowest BCUT2D eigenvalue weighted by atomic mass is 10.1. The van der Waals surface area contributed by atoms with Crippen LogP contribution in [0.25, 0.3) is 0 Å². The average molecular weight is 306 g/mol. The summed E-state index contributed by atoms with van der Waals surface area (Å²) in [7, 11) is 0. The van der Waals surface area contributed by atoms with Gasteiger partial charge in [-0.05, 0) is 25.5 Å². The fraction of sp³-hybridized carbons (Fsp3) is 0.538. The predicted octanol–water partition coefficient (Wildman–Crippen LogP) is 5.11. The van der Waals surface area contributed by atoms with E-state index in [1.54, 1.807) is 0 Å². The van der Waals surface area contributed by atoms with Crippen molar-refractivity contribution < 1.29 is 8.78 Å². The molecule has 0 aliphatic heterocycles. The summed E-state index contributed by atoms with van der Waals surface area (Å²) < 4.78 is 27.5. The second kappa shape index (κ2) is 6.94. The molecule has 0 aliphatic rings. The van der Waals surface area contributed by atoms with Gasteiger partial charge in [-0.2, -0.15) is 0 Å². The highest BCUT2D eigenvalue weighted by atomic mass is 79.9. The summed E-state index contributed by atoms with van der Waals surface area (Å²) in [6.07, 6.45) is 4.29. The van der Waals surface area contributed by atoms with E-state index in [1.165, 1.54) is 12.1 Å². The van der Waals surface area contributed by atoms with Crippen molar-refractivity contribution in [3.05, 3.63) is 28.2 Å². The van der Waals surface area contributed by atoms with Crippen LogP contribution in [-0.4, -0.2) is 6.04 Å². The van der Waals surface area contributed by atoms with Crippen LogP contribution in [-0.2, 0) is 0 Å². The average Bonchev–Trinajstić information content (AvgIpc) is 2.24. The molecule has 0 radical (unpaired) electrons. The van der Waals surface area contributed by atoms with Crippen LogP contribution >= 0.6 is 15.9 Å². The smallest absolute Gasteiger partial charge is 0.150 e. The van der Waals surface area contributed by atoms with Gasteiger partial charge in [0.15, 0.2) is 0 Å². The van der Waals surface area contributed by atoms with E-state index in [0.717, 1.165) is 25.7 Å². The maximum absolute atomic E-state index is 13.5. The van der Waals surface area contributed by atoms with Gasteiger partial charge in [0.1, 0.15) is 17.3 Å². The molecule has 0 bridgehead atoms. The van der Waals surface area contributed by atoms with Gasteiger partial charge in [-0.25, -0.2) is 8.78 Å². The second-order valence-corrected chi connectivity index (χ2v) is 5.20. The van der Waals surface area contributed by atoms with E-state index in [4.69, 9.17) is 0 Å². The van der Waals surface area contributed by atoms with Crippen molar-refractivity contribution in [3.8, 4) is 0 Å². The molecule has 0 spiro atoms. The van der Waals surface area contributed by atoms with Crippen LogP contribution in [0, 0.1) is 11.6 Å². The zero-order chi connectivity index (χ0) is 12.8. The third-order valence-corrected chi connectivity index (χ3v) is 3.10. The number of hydrogen-bond donors (Lipinski definition) is 1. The van der Waals surface area contributed by atoms with Crippen molar-refractivity contribution in [1.29, 1.82) is 0 Å². The van der Waals surface area contributed by atoms with Crippen LogP contribution in [0.15, 0.2) is 16.6 Å². The maximum Gasteiger partial charge on any atom is 0.150 e. The van der Waals surface area contributed by atoms with Crippen molar-refractivity contribution >= 4 is 21.6 Å². The first-order chi connectivity index (χ1) is 8.04. The van der Waals surface area contributed by atoms with E-state index in [1.807, 2.05) is 6.92 Å². The minimum atomic E-state index is -0.556. The monoisotopic (exact) mass is 305 g/mol. The SMILES string of the molecule is CCCCCC(C)Nc1c(F)cc(Br)cc1F. The van der Waals surface area contributed by atoms with Crippen molar-refractivity contribution in [1.82, 2.24) is 0 Å². The molecule has 1 unspecified atom stereocenters. The van der Waals surface area contributed by atoms with E-state index in [0.29, 0.717) is 4.47 Å². The van der Waals surface area contributed by atoms with Gasteiger partial charge < -0.3 is 5.32 Å². The minimum Gasteiger partial charge on any atom is -0.378 e. The Morgan fingerprint density at radius 2 is 1.82 bits per heavy atom. The molecular formula is C13H18BrF2N. The Labute approximate surface area is 110 Å². The van der Waals surface area contributed by atoms with E-state index in [9.17, 15) is 8.78 Å². The Bertz CT molecular complexity index is 345. The van der Waals surface area contributed by atoms with Gasteiger partial charge in [0.05, 0.1) is 0 Å². The first-order valence-electron chi connectivity index (χ1n) is 5.95. The number of hydrogen-bond acceptors (Lipinski definition) is 1. The summed E-state index contributed by atoms with van der Waals surface area (Å²) in [5.41, 5.74) is -0.0304. The van der Waals surface area contributed by atoms with Crippen LogP contribution in [0.1, 0.15) is 39.5 Å². The molecule has 0 aliphatic carbocycles. The van der Waals surface area contributed by atoms with Gasteiger partial charge in [-0.1, -0.05) is 42.1 Å². The molecule has 0 heterocycles. The van der Waals surface area contributed by atoms with Crippen LogP contribution in [0.4, 0.5) is 14.5 Å². The third-order valence-electron chi connectivity index (χ3n) is 2.64. The number of halogens is 3. The largest absolute Gasteiger partial charge is 0.378 e. The summed E-state index contributed by atoms with van der Waals surface area (Å²) in [5, 5.41) is 2.89. The summed E-state index contributed by atoms with van der Waals surface area (Å²) in [4.78, 5) is 0. The van der Waals surface area contributed by atoms with Crippen LogP contribution < -0.4 is 5.32 Å². The number of anilines is 1. The van der Waals surface area contributed by atoms with Crippen molar-refractivity contribution in [3.63, 3.8) is 0 Å². The molecule has 1 atom stereocenters. The highest BCUT2D eigenvalue weighted by Crippen LogP contribution is 2.24. The zero-order valence-corrected chi connectivity index (χ0v) is 11.8. The number of rotatable bonds is 6. The lowest BCUT2D eigenvalue weighted by Gasteiger charge is -2.16. The summed E-state index contributed by atoms with van der Waals surface area (Å²) in [6.45, 7) is 4.07. The molecular weight excluding hydrogens is 288 g/mol. The lowest BCUT2D eigenvalue weighted by Crippen LogP contribution is -2.17. The Morgan fingerprint density at radius 3 is 2.35 bits per heavy atom. The molecule has 1 aromatic rings. The summed E-state index contributed by atoms with van der Waals surface area (Å²) in [6, 6.07) is 2.61. The molecule has 0 amide bonds. The first-order valence-corrected chi connectivity index (χ1v) is 6.75. The van der Waals surface area contributed by atoms with Gasteiger partial charge in [0.2, 0.25) is 0 Å². The molecule has 0 saturated heterocycles. The van der Waals surface area contributed by atoms with Crippen LogP contribution in [0.3, 0.4) is 0 Å². The maximum atomic E-state index is 13.5. The Kier molecular flexibility index (Phi) is 5.89. The lowest BCUT2D eigenvalue weighted by molar-refractivity contribution is 0.569. The zero-order valence-electron chi connectivity index (χ0n) is 10.2. The van der Waals surface area contributed by atoms with Crippen molar-refractivity contribution in [2.45, 2.75) is 45.6 Å². The molecule has 1 nitrogen and oxygen atoms in total. The fourth-order valence-corrected chi connectivity index (χ4v) is 2.10. The van der Waals surface area contributed by atoms with Gasteiger partial charge in [-0.3, -0.25) is 0 Å². The standard InChI is InChI=1S/C13H18BrF2N/c1-3-4-5-6-9(2)17-13-11(15)7-10(14)8-12(13)16/h7-9,17H,3-6H2,1-2H3. The number of benzene rings is 1. The quantitative estimate of drug-likeness (QED) is 0.720. The first kappa shape index (κ1) is 14.4. The minimum absolute atomic E-state index is 0.0304. The molecule has 0 fully saturated rings. The van der Waals surface area contributed by atoms with E-state index in [-0.39, 0.29) is 11.7 Å². The molecule has 1 aromatic carbocycles. The highest BCUT2D eigenvalue weighted by Gasteiger charge is 2.12. The van der Waals surface area contributed by atoms with Gasteiger partial charge >= 0.3 is 0 Å².